The standard InChI is InChI=1S/C18H18ClNO3S/c1-24(22,23)13-9-10-15(16(19)11-13)18(21)20-17-8-4-6-12-5-2-3-7-14(12)17/h2-3,5,7,9-11,17H,4,6,8H2,1H3,(H,20,21). The minimum atomic E-state index is -3.35. The number of nitrogens with one attached hydrogen (secondary N) is 1. The van der Waals surface area contributed by atoms with E-state index in [1.54, 1.807) is 0 Å². The highest BCUT2D eigenvalue weighted by Gasteiger charge is 2.23. The molecule has 6 heteroatoms. The Morgan fingerprint density at radius 2 is 1.96 bits per heavy atom. The van der Waals surface area contributed by atoms with Crippen LogP contribution in [0.1, 0.15) is 40.4 Å². The summed E-state index contributed by atoms with van der Waals surface area (Å²) in [5, 5.41) is 3.16. The minimum Gasteiger partial charge on any atom is -0.345 e. The zero-order valence-electron chi connectivity index (χ0n) is 13.3. The molecule has 24 heavy (non-hydrogen) atoms. The van der Waals surface area contributed by atoms with E-state index in [2.05, 4.69) is 11.4 Å². The maximum absolute atomic E-state index is 12.6. The van der Waals surface area contributed by atoms with E-state index in [0.29, 0.717) is 0 Å². The summed E-state index contributed by atoms with van der Waals surface area (Å²) in [6.07, 6.45) is 4.02. The highest BCUT2D eigenvalue weighted by atomic mass is 35.5. The van der Waals surface area contributed by atoms with Gasteiger partial charge in [0.05, 0.1) is 21.5 Å². The first-order chi connectivity index (χ1) is 11.4. The predicted molar refractivity (Wildman–Crippen MR) is 94.1 cm³/mol. The quantitative estimate of drug-likeness (QED) is 0.907. The van der Waals surface area contributed by atoms with Crippen LogP contribution >= 0.6 is 11.6 Å². The molecular weight excluding hydrogens is 346 g/mol. The molecular formula is C18H18ClNO3S. The molecule has 0 aromatic heterocycles. The number of halogens is 1. The van der Waals surface area contributed by atoms with Crippen molar-refractivity contribution in [1.29, 1.82) is 0 Å². The van der Waals surface area contributed by atoms with Crippen LogP contribution in [0.25, 0.3) is 0 Å². The highest BCUT2D eigenvalue weighted by Crippen LogP contribution is 2.30. The Kier molecular flexibility index (Phi) is 4.65. The van der Waals surface area contributed by atoms with Crippen LogP contribution in [-0.2, 0) is 16.3 Å². The third-order valence-corrected chi connectivity index (χ3v) is 5.71. The van der Waals surface area contributed by atoms with Crippen LogP contribution < -0.4 is 5.32 Å². The molecule has 1 N–H and O–H groups in total. The molecule has 0 bridgehead atoms. The minimum absolute atomic E-state index is 0.0481. The second-order valence-corrected chi connectivity index (χ2v) is 8.45. The van der Waals surface area contributed by atoms with Gasteiger partial charge in [-0.05, 0) is 48.6 Å². The fraction of sp³-hybridized carbons (Fsp3) is 0.278. The van der Waals surface area contributed by atoms with Crippen LogP contribution in [0.5, 0.6) is 0 Å². The molecule has 1 amide bonds. The van der Waals surface area contributed by atoms with Crippen molar-refractivity contribution in [2.24, 2.45) is 0 Å². The first-order valence-electron chi connectivity index (χ1n) is 7.74. The molecule has 1 unspecified atom stereocenters. The average molecular weight is 364 g/mol. The Hall–Kier alpha value is -1.85. The summed E-state index contributed by atoms with van der Waals surface area (Å²) in [7, 11) is -3.35. The van der Waals surface area contributed by atoms with E-state index >= 15 is 0 Å². The van der Waals surface area contributed by atoms with Crippen molar-refractivity contribution in [1.82, 2.24) is 5.32 Å². The third kappa shape index (κ3) is 3.47. The smallest absolute Gasteiger partial charge is 0.253 e. The first-order valence-corrected chi connectivity index (χ1v) is 10.0. The van der Waals surface area contributed by atoms with E-state index < -0.39 is 9.84 Å². The Balaban J connectivity index is 1.84. The van der Waals surface area contributed by atoms with E-state index in [4.69, 9.17) is 11.6 Å². The summed E-state index contributed by atoms with van der Waals surface area (Å²) >= 11 is 6.12. The van der Waals surface area contributed by atoms with Gasteiger partial charge in [0, 0.05) is 6.26 Å². The van der Waals surface area contributed by atoms with Gasteiger partial charge in [0.25, 0.3) is 5.91 Å². The molecule has 0 aliphatic heterocycles. The van der Waals surface area contributed by atoms with Crippen molar-refractivity contribution in [2.75, 3.05) is 6.26 Å². The summed E-state index contributed by atoms with van der Waals surface area (Å²) < 4.78 is 23.1. The normalized spacial score (nSPS) is 17.2. The zero-order valence-corrected chi connectivity index (χ0v) is 14.8. The summed E-state index contributed by atoms with van der Waals surface area (Å²) in [6.45, 7) is 0. The second-order valence-electron chi connectivity index (χ2n) is 6.03. The van der Waals surface area contributed by atoms with Gasteiger partial charge in [-0.3, -0.25) is 4.79 Å². The van der Waals surface area contributed by atoms with Crippen LogP contribution in [0.15, 0.2) is 47.4 Å². The fourth-order valence-electron chi connectivity index (χ4n) is 3.05. The number of rotatable bonds is 3. The molecule has 0 saturated heterocycles. The highest BCUT2D eigenvalue weighted by molar-refractivity contribution is 7.90. The van der Waals surface area contributed by atoms with Crippen molar-refractivity contribution >= 4 is 27.3 Å². The molecule has 126 valence electrons. The third-order valence-electron chi connectivity index (χ3n) is 4.29. The monoisotopic (exact) mass is 363 g/mol. The number of sulfone groups is 1. The fourth-order valence-corrected chi connectivity index (χ4v) is 4.03. The number of fused-ring (bicyclic) bond motifs is 1. The number of carbonyl (C=O) groups is 1. The number of hydrogen-bond acceptors (Lipinski definition) is 3. The SMILES string of the molecule is CS(=O)(=O)c1ccc(C(=O)NC2CCCc3ccccc32)c(Cl)c1. The summed E-state index contributed by atoms with van der Waals surface area (Å²) in [4.78, 5) is 12.7. The van der Waals surface area contributed by atoms with Gasteiger partial charge in [0.15, 0.2) is 9.84 Å². The maximum atomic E-state index is 12.6. The van der Waals surface area contributed by atoms with Gasteiger partial charge in [-0.1, -0.05) is 35.9 Å². The number of carbonyl (C=O) groups excluding carboxylic acids is 1. The zero-order chi connectivity index (χ0) is 17.3. The van der Waals surface area contributed by atoms with Gasteiger partial charge >= 0.3 is 0 Å². The summed E-state index contributed by atoms with van der Waals surface area (Å²) in [5.74, 6) is -0.290. The first kappa shape index (κ1) is 17.0. The van der Waals surface area contributed by atoms with Crippen molar-refractivity contribution < 1.29 is 13.2 Å². The number of amides is 1. The molecule has 0 saturated carbocycles. The van der Waals surface area contributed by atoms with Gasteiger partial charge < -0.3 is 5.32 Å². The molecule has 0 spiro atoms. The van der Waals surface area contributed by atoms with Crippen LogP contribution in [0, 0.1) is 0 Å². The number of hydrogen-bond donors (Lipinski definition) is 1. The lowest BCUT2D eigenvalue weighted by Gasteiger charge is -2.26. The summed E-state index contributed by atoms with van der Waals surface area (Å²) in [6, 6.07) is 12.2. The maximum Gasteiger partial charge on any atom is 0.253 e. The molecule has 1 atom stereocenters. The molecule has 4 nitrogen and oxygen atoms in total. The Morgan fingerprint density at radius 3 is 2.67 bits per heavy atom. The Morgan fingerprint density at radius 1 is 1.21 bits per heavy atom. The molecule has 3 rings (SSSR count). The molecule has 2 aromatic carbocycles. The van der Waals surface area contributed by atoms with Crippen LogP contribution in [0.4, 0.5) is 0 Å². The topological polar surface area (TPSA) is 63.2 Å². The van der Waals surface area contributed by atoms with Crippen molar-refractivity contribution in [3.63, 3.8) is 0 Å². The van der Waals surface area contributed by atoms with Gasteiger partial charge in [0.1, 0.15) is 0 Å². The van der Waals surface area contributed by atoms with E-state index in [1.165, 1.54) is 23.8 Å². The van der Waals surface area contributed by atoms with Gasteiger partial charge in [0.2, 0.25) is 0 Å². The van der Waals surface area contributed by atoms with E-state index in [1.807, 2.05) is 18.2 Å². The van der Waals surface area contributed by atoms with Gasteiger partial charge in [-0.25, -0.2) is 8.42 Å². The van der Waals surface area contributed by atoms with Gasteiger partial charge in [-0.2, -0.15) is 0 Å². The van der Waals surface area contributed by atoms with Crippen LogP contribution in [0.3, 0.4) is 0 Å². The molecule has 0 fully saturated rings. The Labute approximate surface area is 146 Å². The van der Waals surface area contributed by atoms with Gasteiger partial charge in [-0.15, -0.1) is 0 Å². The Bertz CT molecular complexity index is 893. The molecule has 0 heterocycles. The molecule has 1 aliphatic carbocycles. The average Bonchev–Trinajstić information content (AvgIpc) is 2.54. The van der Waals surface area contributed by atoms with E-state index in [9.17, 15) is 13.2 Å². The molecule has 1 aliphatic rings. The lowest BCUT2D eigenvalue weighted by atomic mass is 9.87. The van der Waals surface area contributed by atoms with Crippen molar-refractivity contribution in [3.05, 3.63) is 64.2 Å². The van der Waals surface area contributed by atoms with E-state index in [0.717, 1.165) is 31.1 Å². The lowest BCUT2D eigenvalue weighted by Crippen LogP contribution is -2.31. The van der Waals surface area contributed by atoms with Crippen LogP contribution in [0.2, 0.25) is 5.02 Å². The molecule has 0 radical (unpaired) electrons. The van der Waals surface area contributed by atoms with Crippen molar-refractivity contribution in [2.45, 2.75) is 30.2 Å². The largest absolute Gasteiger partial charge is 0.345 e. The molecule has 2 aromatic rings. The lowest BCUT2D eigenvalue weighted by molar-refractivity contribution is 0.0933. The second kappa shape index (κ2) is 6.57. The van der Waals surface area contributed by atoms with Crippen LogP contribution in [-0.4, -0.2) is 20.6 Å². The number of aryl methyl sites for hydroxylation is 1. The number of benzene rings is 2. The predicted octanol–water partition coefficient (Wildman–Crippen LogP) is 3.55. The van der Waals surface area contributed by atoms with E-state index in [-0.39, 0.29) is 27.4 Å². The van der Waals surface area contributed by atoms with Crippen molar-refractivity contribution in [3.8, 4) is 0 Å². The summed E-state index contributed by atoms with van der Waals surface area (Å²) in [5.41, 5.74) is 2.68.